The summed E-state index contributed by atoms with van der Waals surface area (Å²) in [7, 11) is 0. The molecule has 90 valence electrons. The van der Waals surface area contributed by atoms with Crippen molar-refractivity contribution in [1.82, 2.24) is 19.9 Å². The Kier molecular flexibility index (Phi) is 2.86. The van der Waals surface area contributed by atoms with Gasteiger partial charge in [0, 0.05) is 6.20 Å². The van der Waals surface area contributed by atoms with E-state index in [2.05, 4.69) is 42.5 Å². The van der Waals surface area contributed by atoms with Gasteiger partial charge in [0.2, 0.25) is 0 Å². The van der Waals surface area contributed by atoms with E-state index in [1.165, 1.54) is 0 Å². The number of hydrogen-bond donors (Lipinski definition) is 2. The van der Waals surface area contributed by atoms with Crippen molar-refractivity contribution in [2.75, 3.05) is 5.73 Å². The Morgan fingerprint density at radius 2 is 2.06 bits per heavy atom. The van der Waals surface area contributed by atoms with Gasteiger partial charge in [0.25, 0.3) is 0 Å². The molecule has 0 atom stereocenters. The fraction of sp³-hybridized carbons (Fsp3) is 0.0833. The van der Waals surface area contributed by atoms with Gasteiger partial charge in [-0.3, -0.25) is 0 Å². The summed E-state index contributed by atoms with van der Waals surface area (Å²) in [5, 5.41) is 0. The zero-order valence-electron chi connectivity index (χ0n) is 9.39. The van der Waals surface area contributed by atoms with E-state index in [1.807, 2.05) is 24.3 Å². The highest BCUT2D eigenvalue weighted by Gasteiger charge is 2.06. The summed E-state index contributed by atoms with van der Waals surface area (Å²) >= 11 is 2.11. The number of H-pyrrole nitrogens is 1. The number of nitrogen functional groups attached to an aromatic ring is 1. The number of rotatable bonds is 2. The van der Waals surface area contributed by atoms with Crippen LogP contribution in [-0.2, 0) is 6.42 Å². The molecule has 0 aliphatic heterocycles. The lowest BCUT2D eigenvalue weighted by molar-refractivity contribution is 0.918. The van der Waals surface area contributed by atoms with Crippen LogP contribution in [0.2, 0.25) is 0 Å². The number of para-hydroxylation sites is 2. The summed E-state index contributed by atoms with van der Waals surface area (Å²) in [6.45, 7) is 0. The van der Waals surface area contributed by atoms with Crippen molar-refractivity contribution in [2.24, 2.45) is 0 Å². The SMILES string of the molecule is Nc1nc(Cc2nc3ccccc3[nH]2)ncc1I. The summed E-state index contributed by atoms with van der Waals surface area (Å²) in [5.74, 6) is 2.03. The molecule has 0 spiro atoms. The fourth-order valence-corrected chi connectivity index (χ4v) is 2.00. The van der Waals surface area contributed by atoms with Crippen LogP contribution in [-0.4, -0.2) is 19.9 Å². The molecule has 0 saturated carbocycles. The van der Waals surface area contributed by atoms with Gasteiger partial charge in [0.1, 0.15) is 17.5 Å². The third-order valence-electron chi connectivity index (χ3n) is 2.59. The first-order valence-electron chi connectivity index (χ1n) is 5.43. The van der Waals surface area contributed by atoms with Crippen molar-refractivity contribution in [3.8, 4) is 0 Å². The molecule has 3 rings (SSSR count). The number of nitrogens with zero attached hydrogens (tertiary/aromatic N) is 3. The molecule has 1 aromatic carbocycles. The number of aromatic amines is 1. The van der Waals surface area contributed by atoms with E-state index in [0.29, 0.717) is 18.1 Å². The van der Waals surface area contributed by atoms with Crippen LogP contribution in [0, 0.1) is 3.57 Å². The Balaban J connectivity index is 1.93. The Labute approximate surface area is 117 Å². The van der Waals surface area contributed by atoms with Crippen LogP contribution < -0.4 is 5.73 Å². The molecular weight excluding hydrogens is 341 g/mol. The van der Waals surface area contributed by atoms with Crippen LogP contribution in [0.1, 0.15) is 11.6 Å². The van der Waals surface area contributed by atoms with Crippen LogP contribution >= 0.6 is 22.6 Å². The van der Waals surface area contributed by atoms with Crippen LogP contribution in [0.5, 0.6) is 0 Å². The smallest absolute Gasteiger partial charge is 0.140 e. The van der Waals surface area contributed by atoms with Crippen LogP contribution in [0.4, 0.5) is 5.82 Å². The Morgan fingerprint density at radius 3 is 2.83 bits per heavy atom. The van der Waals surface area contributed by atoms with Crippen molar-refractivity contribution in [3.63, 3.8) is 0 Å². The Hall–Kier alpha value is -1.70. The van der Waals surface area contributed by atoms with E-state index in [9.17, 15) is 0 Å². The number of halogens is 1. The molecule has 0 bridgehead atoms. The predicted octanol–water partition coefficient (Wildman–Crippen LogP) is 2.13. The van der Waals surface area contributed by atoms with Gasteiger partial charge in [-0.25, -0.2) is 15.0 Å². The highest BCUT2D eigenvalue weighted by atomic mass is 127. The van der Waals surface area contributed by atoms with E-state index in [-0.39, 0.29) is 0 Å². The Bertz CT molecular complexity index is 674. The minimum atomic E-state index is 0.511. The Morgan fingerprint density at radius 1 is 1.22 bits per heavy atom. The van der Waals surface area contributed by atoms with Gasteiger partial charge < -0.3 is 10.7 Å². The first-order chi connectivity index (χ1) is 8.72. The first-order valence-corrected chi connectivity index (χ1v) is 6.51. The summed E-state index contributed by atoms with van der Waals surface area (Å²) in [5.41, 5.74) is 7.73. The topological polar surface area (TPSA) is 80.5 Å². The monoisotopic (exact) mass is 351 g/mol. The molecule has 0 aliphatic carbocycles. The minimum absolute atomic E-state index is 0.511. The molecule has 3 N–H and O–H groups in total. The van der Waals surface area contributed by atoms with Crippen molar-refractivity contribution >= 4 is 39.4 Å². The molecule has 0 aliphatic rings. The molecule has 0 unspecified atom stereocenters. The van der Waals surface area contributed by atoms with Gasteiger partial charge in [-0.2, -0.15) is 0 Å². The van der Waals surface area contributed by atoms with Gasteiger partial charge in [0.15, 0.2) is 0 Å². The molecule has 6 heteroatoms. The third kappa shape index (κ3) is 2.15. The maximum Gasteiger partial charge on any atom is 0.140 e. The minimum Gasteiger partial charge on any atom is -0.383 e. The fourth-order valence-electron chi connectivity index (χ4n) is 1.74. The van der Waals surface area contributed by atoms with Crippen LogP contribution in [0.25, 0.3) is 11.0 Å². The largest absolute Gasteiger partial charge is 0.383 e. The number of aromatic nitrogens is 4. The lowest BCUT2D eigenvalue weighted by Gasteiger charge is -2.00. The number of fused-ring (bicyclic) bond motifs is 1. The molecular formula is C12H10IN5. The second kappa shape index (κ2) is 4.52. The second-order valence-corrected chi connectivity index (χ2v) is 5.06. The summed E-state index contributed by atoms with van der Waals surface area (Å²) in [4.78, 5) is 16.2. The molecule has 0 radical (unpaired) electrons. The standard InChI is InChI=1S/C12H10IN5/c13-7-6-15-10(18-12(7)14)5-11-16-8-3-1-2-4-9(8)17-11/h1-4,6H,5H2,(H,16,17)(H2,14,15,18). The van der Waals surface area contributed by atoms with Crippen LogP contribution in [0.3, 0.4) is 0 Å². The molecule has 0 amide bonds. The van der Waals surface area contributed by atoms with Crippen molar-refractivity contribution in [1.29, 1.82) is 0 Å². The molecule has 2 aromatic heterocycles. The first kappa shape index (κ1) is 11.4. The number of anilines is 1. The van der Waals surface area contributed by atoms with Crippen molar-refractivity contribution in [2.45, 2.75) is 6.42 Å². The molecule has 0 saturated heterocycles. The maximum atomic E-state index is 5.76. The van der Waals surface area contributed by atoms with Gasteiger partial charge >= 0.3 is 0 Å². The molecule has 5 nitrogen and oxygen atoms in total. The van der Waals surface area contributed by atoms with E-state index in [0.717, 1.165) is 20.4 Å². The lowest BCUT2D eigenvalue weighted by atomic mass is 10.3. The van der Waals surface area contributed by atoms with E-state index >= 15 is 0 Å². The summed E-state index contributed by atoms with van der Waals surface area (Å²) in [6.07, 6.45) is 2.27. The second-order valence-electron chi connectivity index (χ2n) is 3.90. The lowest BCUT2D eigenvalue weighted by Crippen LogP contribution is -2.03. The van der Waals surface area contributed by atoms with Gasteiger partial charge in [-0.15, -0.1) is 0 Å². The van der Waals surface area contributed by atoms with E-state index in [1.54, 1.807) is 6.20 Å². The number of nitrogens with one attached hydrogen (secondary N) is 1. The molecule has 0 fully saturated rings. The number of hydrogen-bond acceptors (Lipinski definition) is 4. The maximum absolute atomic E-state index is 5.76. The zero-order valence-corrected chi connectivity index (χ0v) is 11.5. The van der Waals surface area contributed by atoms with Crippen molar-refractivity contribution in [3.05, 3.63) is 45.7 Å². The van der Waals surface area contributed by atoms with E-state index < -0.39 is 0 Å². The number of nitrogens with two attached hydrogens (primary N) is 1. The normalized spacial score (nSPS) is 10.9. The van der Waals surface area contributed by atoms with Gasteiger partial charge in [-0.1, -0.05) is 12.1 Å². The number of benzene rings is 1. The van der Waals surface area contributed by atoms with Gasteiger partial charge in [-0.05, 0) is 34.7 Å². The predicted molar refractivity (Wildman–Crippen MR) is 78.1 cm³/mol. The average Bonchev–Trinajstić information content (AvgIpc) is 2.76. The van der Waals surface area contributed by atoms with Crippen molar-refractivity contribution < 1.29 is 0 Å². The summed E-state index contributed by atoms with van der Waals surface area (Å²) < 4.78 is 0.862. The molecule has 2 heterocycles. The number of imidazole rings is 1. The molecule has 3 aromatic rings. The average molecular weight is 351 g/mol. The molecule has 18 heavy (non-hydrogen) atoms. The zero-order chi connectivity index (χ0) is 12.5. The van der Waals surface area contributed by atoms with E-state index in [4.69, 9.17) is 5.73 Å². The highest BCUT2D eigenvalue weighted by molar-refractivity contribution is 14.1. The van der Waals surface area contributed by atoms with Crippen LogP contribution in [0.15, 0.2) is 30.5 Å². The van der Waals surface area contributed by atoms with Gasteiger partial charge in [0.05, 0.1) is 21.0 Å². The highest BCUT2D eigenvalue weighted by Crippen LogP contribution is 2.14. The third-order valence-corrected chi connectivity index (χ3v) is 3.42. The summed E-state index contributed by atoms with van der Waals surface area (Å²) in [6, 6.07) is 7.91. The quantitative estimate of drug-likeness (QED) is 0.694.